The number of ether oxygens (including phenoxy) is 2. The summed E-state index contributed by atoms with van der Waals surface area (Å²) in [5, 5.41) is 23.8. The van der Waals surface area contributed by atoms with Crippen LogP contribution in [-0.4, -0.2) is 57.9 Å². The minimum Gasteiger partial charge on any atom is -0.491 e. The van der Waals surface area contributed by atoms with Crippen molar-refractivity contribution in [1.82, 2.24) is 4.90 Å². The van der Waals surface area contributed by atoms with Gasteiger partial charge in [-0.25, -0.2) is 0 Å². The Kier molecular flexibility index (Phi) is 10.2. The molecule has 202 valence electrons. The number of anilines is 1. The maximum absolute atomic E-state index is 13.5. The van der Waals surface area contributed by atoms with Crippen molar-refractivity contribution < 1.29 is 29.3 Å². The van der Waals surface area contributed by atoms with Crippen molar-refractivity contribution in [2.45, 2.75) is 84.3 Å². The van der Waals surface area contributed by atoms with Crippen LogP contribution in [0.15, 0.2) is 48.5 Å². The number of nitrogens with one attached hydrogen (secondary N) is 1. The van der Waals surface area contributed by atoms with E-state index in [0.717, 1.165) is 17.0 Å². The highest BCUT2D eigenvalue weighted by Crippen LogP contribution is 2.30. The summed E-state index contributed by atoms with van der Waals surface area (Å²) in [5.74, 6) is -0.240. The number of carbonyl (C=O) groups excluding carboxylic acids is 1. The van der Waals surface area contributed by atoms with Crippen LogP contribution < -0.4 is 14.8 Å². The summed E-state index contributed by atoms with van der Waals surface area (Å²) < 4.78 is 11.6. The van der Waals surface area contributed by atoms with Gasteiger partial charge in [-0.3, -0.25) is 9.59 Å². The molecule has 0 spiro atoms. The Morgan fingerprint density at radius 3 is 2.38 bits per heavy atom. The molecule has 37 heavy (non-hydrogen) atoms. The predicted octanol–water partition coefficient (Wildman–Crippen LogP) is 4.71. The number of aliphatic carboxylic acids is 1. The van der Waals surface area contributed by atoms with Crippen molar-refractivity contribution in [3.05, 3.63) is 54.1 Å². The largest absolute Gasteiger partial charge is 0.491 e. The van der Waals surface area contributed by atoms with Gasteiger partial charge in [0, 0.05) is 29.8 Å². The topological polar surface area (TPSA) is 108 Å². The monoisotopic (exact) mass is 512 g/mol. The molecule has 2 aromatic carbocycles. The number of carboxylic acids is 1. The molecule has 0 heterocycles. The first-order valence-electron chi connectivity index (χ1n) is 13.1. The van der Waals surface area contributed by atoms with E-state index in [1.807, 2.05) is 76.2 Å². The quantitative estimate of drug-likeness (QED) is 0.374. The van der Waals surface area contributed by atoms with Gasteiger partial charge in [0.25, 0.3) is 0 Å². The molecule has 1 fully saturated rings. The lowest BCUT2D eigenvalue weighted by Crippen LogP contribution is -2.39. The van der Waals surface area contributed by atoms with E-state index in [2.05, 4.69) is 5.32 Å². The van der Waals surface area contributed by atoms with Crippen LogP contribution in [0.25, 0.3) is 0 Å². The van der Waals surface area contributed by atoms with Gasteiger partial charge in [-0.05, 0) is 71.6 Å². The minimum atomic E-state index is -1.06. The zero-order valence-corrected chi connectivity index (χ0v) is 22.2. The number of aliphatic hydroxyl groups excluding tert-OH is 1. The van der Waals surface area contributed by atoms with Crippen LogP contribution in [-0.2, 0) is 16.1 Å². The average Bonchev–Trinajstić information content (AvgIpc) is 3.00. The van der Waals surface area contributed by atoms with Crippen LogP contribution in [0, 0.1) is 5.92 Å². The van der Waals surface area contributed by atoms with Gasteiger partial charge in [0.05, 0.1) is 24.4 Å². The van der Waals surface area contributed by atoms with E-state index in [1.165, 1.54) is 4.90 Å². The number of nitrogens with zero attached hydrogens (tertiary/aromatic N) is 1. The van der Waals surface area contributed by atoms with Gasteiger partial charge >= 0.3 is 5.97 Å². The summed E-state index contributed by atoms with van der Waals surface area (Å²) in [6.45, 7) is 7.54. The second kappa shape index (κ2) is 13.3. The molecule has 0 aromatic heterocycles. The summed E-state index contributed by atoms with van der Waals surface area (Å²) in [7, 11) is 0. The first kappa shape index (κ1) is 28.3. The van der Waals surface area contributed by atoms with Crippen molar-refractivity contribution in [3.63, 3.8) is 0 Å². The number of carbonyl (C=O) groups is 2. The predicted molar refractivity (Wildman–Crippen MR) is 143 cm³/mol. The third-order valence-corrected chi connectivity index (χ3v) is 6.34. The highest BCUT2D eigenvalue weighted by atomic mass is 16.5. The number of amides is 1. The van der Waals surface area contributed by atoms with Crippen molar-refractivity contribution >= 4 is 17.6 Å². The van der Waals surface area contributed by atoms with Gasteiger partial charge in [0.1, 0.15) is 18.0 Å². The molecular formula is C29H40N2O6. The Bertz CT molecular complexity index is 1040. The summed E-state index contributed by atoms with van der Waals surface area (Å²) in [5.41, 5.74) is 1.61. The van der Waals surface area contributed by atoms with Gasteiger partial charge in [0.15, 0.2) is 0 Å². The smallest absolute Gasteiger partial charge is 0.323 e. The van der Waals surface area contributed by atoms with Gasteiger partial charge in [-0.1, -0.05) is 24.3 Å². The Balaban J connectivity index is 1.70. The molecule has 0 saturated heterocycles. The number of para-hydroxylation sites is 1. The first-order chi connectivity index (χ1) is 17.6. The molecule has 0 aliphatic heterocycles. The number of hydrogen-bond acceptors (Lipinski definition) is 6. The molecule has 3 N–H and O–H groups in total. The maximum atomic E-state index is 13.5. The van der Waals surface area contributed by atoms with Crippen LogP contribution in [0.5, 0.6) is 11.5 Å². The normalized spacial score (nSPS) is 19.8. The van der Waals surface area contributed by atoms with Crippen LogP contribution in [0.3, 0.4) is 0 Å². The van der Waals surface area contributed by atoms with Crippen molar-refractivity contribution in [2.75, 3.05) is 11.9 Å². The number of carboxylic acid groups (broad SMARTS) is 1. The molecule has 0 radical (unpaired) electrons. The zero-order valence-electron chi connectivity index (χ0n) is 22.2. The second-order valence-corrected chi connectivity index (χ2v) is 10.2. The molecule has 1 saturated carbocycles. The standard InChI is InChI=1S/C29H40N2O6/c1-19(2)36-24-10-7-9-23(16-24)30-25-14-12-21(13-15-26(25)32)29(35)31(18-28(33)34)17-22-8-5-6-11-27(22)37-20(3)4/h5-11,16,19-21,25-26,30,32H,12-15,17-18H2,1-4H3,(H,33,34)/t21-,25+,26+/m1/s1. The lowest BCUT2D eigenvalue weighted by Gasteiger charge is -2.27. The van der Waals surface area contributed by atoms with E-state index >= 15 is 0 Å². The molecule has 3 rings (SSSR count). The Hall–Kier alpha value is -3.26. The van der Waals surface area contributed by atoms with E-state index in [4.69, 9.17) is 9.47 Å². The highest BCUT2D eigenvalue weighted by Gasteiger charge is 2.32. The fraction of sp³-hybridized carbons (Fsp3) is 0.517. The molecule has 1 amide bonds. The van der Waals surface area contributed by atoms with Crippen molar-refractivity contribution in [1.29, 1.82) is 0 Å². The van der Waals surface area contributed by atoms with Crippen LogP contribution in [0.4, 0.5) is 5.69 Å². The molecule has 1 aliphatic carbocycles. The number of hydrogen-bond donors (Lipinski definition) is 3. The number of benzene rings is 2. The third kappa shape index (κ3) is 8.67. The number of rotatable bonds is 11. The summed E-state index contributed by atoms with van der Waals surface area (Å²) in [6, 6.07) is 14.8. The lowest BCUT2D eigenvalue weighted by atomic mass is 9.98. The van der Waals surface area contributed by atoms with E-state index in [1.54, 1.807) is 0 Å². The van der Waals surface area contributed by atoms with Gasteiger partial charge in [0.2, 0.25) is 5.91 Å². The molecule has 3 atom stereocenters. The molecule has 0 unspecified atom stereocenters. The number of aliphatic hydroxyl groups is 1. The Morgan fingerprint density at radius 2 is 1.68 bits per heavy atom. The Labute approximate surface area is 219 Å². The third-order valence-electron chi connectivity index (χ3n) is 6.34. The van der Waals surface area contributed by atoms with Crippen molar-refractivity contribution in [2.24, 2.45) is 5.92 Å². The van der Waals surface area contributed by atoms with Gasteiger partial charge in [-0.2, -0.15) is 0 Å². The molecular weight excluding hydrogens is 472 g/mol. The summed E-state index contributed by atoms with van der Waals surface area (Å²) in [4.78, 5) is 26.6. The summed E-state index contributed by atoms with van der Waals surface area (Å²) in [6.07, 6.45) is 1.47. The molecule has 8 heteroatoms. The fourth-order valence-corrected chi connectivity index (χ4v) is 4.69. The first-order valence-corrected chi connectivity index (χ1v) is 13.1. The average molecular weight is 513 g/mol. The van der Waals surface area contributed by atoms with E-state index in [0.29, 0.717) is 31.4 Å². The molecule has 2 aromatic rings. The second-order valence-electron chi connectivity index (χ2n) is 10.2. The van der Waals surface area contributed by atoms with Crippen LogP contribution in [0.1, 0.15) is 58.9 Å². The SMILES string of the molecule is CC(C)Oc1cccc(N[C@H]2CC[C@@H](C(=O)N(CC(=O)O)Cc3ccccc3OC(C)C)CC[C@@H]2O)c1. The Morgan fingerprint density at radius 1 is 0.973 bits per heavy atom. The van der Waals surface area contributed by atoms with Gasteiger partial charge < -0.3 is 29.9 Å². The van der Waals surface area contributed by atoms with Crippen LogP contribution in [0.2, 0.25) is 0 Å². The molecule has 8 nitrogen and oxygen atoms in total. The van der Waals surface area contributed by atoms with Crippen LogP contribution >= 0.6 is 0 Å². The highest BCUT2D eigenvalue weighted by molar-refractivity contribution is 5.83. The van der Waals surface area contributed by atoms with Gasteiger partial charge in [-0.15, -0.1) is 0 Å². The zero-order chi connectivity index (χ0) is 26.9. The molecule has 1 aliphatic rings. The summed E-state index contributed by atoms with van der Waals surface area (Å²) >= 11 is 0. The maximum Gasteiger partial charge on any atom is 0.323 e. The molecule has 0 bridgehead atoms. The van der Waals surface area contributed by atoms with E-state index in [-0.39, 0.29) is 36.6 Å². The van der Waals surface area contributed by atoms with E-state index in [9.17, 15) is 19.8 Å². The van der Waals surface area contributed by atoms with E-state index < -0.39 is 18.6 Å². The van der Waals surface area contributed by atoms with Crippen molar-refractivity contribution in [3.8, 4) is 11.5 Å². The lowest BCUT2D eigenvalue weighted by molar-refractivity contribution is -0.147. The fourth-order valence-electron chi connectivity index (χ4n) is 4.69. The minimum absolute atomic E-state index is 0.0461.